The summed E-state index contributed by atoms with van der Waals surface area (Å²) in [5.74, 6) is 0.118. The highest BCUT2D eigenvalue weighted by molar-refractivity contribution is 5.99. The fourth-order valence-electron chi connectivity index (χ4n) is 2.26. The van der Waals surface area contributed by atoms with Crippen LogP contribution in [0.3, 0.4) is 0 Å². The largest absolute Gasteiger partial charge is 0.482 e. The maximum Gasteiger partial charge on any atom is 0.262 e. The van der Waals surface area contributed by atoms with E-state index < -0.39 is 0 Å². The van der Waals surface area contributed by atoms with Gasteiger partial charge in [-0.15, -0.1) is 0 Å². The van der Waals surface area contributed by atoms with Crippen molar-refractivity contribution in [3.05, 3.63) is 42.2 Å². The molecule has 0 aliphatic carbocycles. The van der Waals surface area contributed by atoms with Crippen molar-refractivity contribution in [3.63, 3.8) is 0 Å². The van der Waals surface area contributed by atoms with E-state index in [9.17, 15) is 9.59 Å². The van der Waals surface area contributed by atoms with E-state index in [-0.39, 0.29) is 24.5 Å². The molecule has 0 radical (unpaired) electrons. The van der Waals surface area contributed by atoms with Crippen LogP contribution in [0.15, 0.2) is 36.7 Å². The van der Waals surface area contributed by atoms with E-state index in [1.165, 1.54) is 0 Å². The molecule has 0 unspecified atom stereocenters. The number of benzene rings is 1. The Bertz CT molecular complexity index is 697. The zero-order chi connectivity index (χ0) is 15.5. The van der Waals surface area contributed by atoms with Gasteiger partial charge in [-0.1, -0.05) is 0 Å². The third-order valence-electron chi connectivity index (χ3n) is 3.27. The Kier molecular flexibility index (Phi) is 3.78. The molecule has 0 fully saturated rings. The quantitative estimate of drug-likeness (QED) is 0.883. The van der Waals surface area contributed by atoms with Gasteiger partial charge in [-0.25, -0.2) is 0 Å². The number of hydrogen-bond acceptors (Lipinski definition) is 4. The highest BCUT2D eigenvalue weighted by atomic mass is 16.5. The normalized spacial score (nSPS) is 14.5. The van der Waals surface area contributed by atoms with Gasteiger partial charge in [0.2, 0.25) is 0 Å². The van der Waals surface area contributed by atoms with Crippen LogP contribution in [0, 0.1) is 0 Å². The fourth-order valence-corrected chi connectivity index (χ4v) is 2.26. The van der Waals surface area contributed by atoms with Gasteiger partial charge in [-0.05, 0) is 31.2 Å². The maximum atomic E-state index is 12.3. The van der Waals surface area contributed by atoms with E-state index in [0.717, 1.165) is 0 Å². The molecule has 1 atom stereocenters. The van der Waals surface area contributed by atoms with E-state index in [0.29, 0.717) is 23.5 Å². The van der Waals surface area contributed by atoms with Crippen LogP contribution < -0.4 is 15.4 Å². The predicted molar refractivity (Wildman–Crippen MR) is 79.7 cm³/mol. The van der Waals surface area contributed by atoms with Gasteiger partial charge in [0, 0.05) is 24.0 Å². The van der Waals surface area contributed by atoms with Gasteiger partial charge in [0.1, 0.15) is 5.75 Å². The summed E-state index contributed by atoms with van der Waals surface area (Å²) in [6.07, 6.45) is 3.54. The highest BCUT2D eigenvalue weighted by Gasteiger charge is 2.18. The fraction of sp³-hybridized carbons (Fsp3) is 0.267. The molecule has 0 bridgehead atoms. The first-order valence-electron chi connectivity index (χ1n) is 6.97. The SMILES string of the molecule is C[C@@H](Cn1cccn1)NC(=O)c1ccc2c(c1)OCC(=O)N2. The van der Waals surface area contributed by atoms with Crippen molar-refractivity contribution >= 4 is 17.5 Å². The summed E-state index contributed by atoms with van der Waals surface area (Å²) in [7, 11) is 0. The average Bonchev–Trinajstić information content (AvgIpc) is 2.99. The average molecular weight is 300 g/mol. The van der Waals surface area contributed by atoms with Gasteiger partial charge in [-0.3, -0.25) is 14.3 Å². The van der Waals surface area contributed by atoms with E-state index in [1.807, 2.05) is 19.2 Å². The molecule has 3 rings (SSSR count). The lowest BCUT2D eigenvalue weighted by molar-refractivity contribution is -0.118. The second kappa shape index (κ2) is 5.88. The van der Waals surface area contributed by atoms with E-state index in [1.54, 1.807) is 29.1 Å². The minimum Gasteiger partial charge on any atom is -0.482 e. The smallest absolute Gasteiger partial charge is 0.262 e. The molecule has 1 aromatic heterocycles. The Morgan fingerprint density at radius 2 is 2.41 bits per heavy atom. The van der Waals surface area contributed by atoms with Crippen molar-refractivity contribution in [3.8, 4) is 5.75 Å². The van der Waals surface area contributed by atoms with E-state index in [2.05, 4.69) is 15.7 Å². The molecular weight excluding hydrogens is 284 g/mol. The van der Waals surface area contributed by atoms with Crippen molar-refractivity contribution in [2.45, 2.75) is 19.5 Å². The Labute approximate surface area is 127 Å². The van der Waals surface area contributed by atoms with Gasteiger partial charge in [0.15, 0.2) is 6.61 Å². The third kappa shape index (κ3) is 3.08. The minimum atomic E-state index is -0.197. The zero-order valence-electron chi connectivity index (χ0n) is 12.1. The number of carbonyl (C=O) groups is 2. The monoisotopic (exact) mass is 300 g/mol. The zero-order valence-corrected chi connectivity index (χ0v) is 12.1. The molecule has 22 heavy (non-hydrogen) atoms. The number of carbonyl (C=O) groups excluding carboxylic acids is 2. The molecule has 7 heteroatoms. The van der Waals surface area contributed by atoms with Crippen molar-refractivity contribution in [2.24, 2.45) is 0 Å². The molecule has 0 saturated carbocycles. The number of nitrogens with one attached hydrogen (secondary N) is 2. The van der Waals surface area contributed by atoms with Gasteiger partial charge < -0.3 is 15.4 Å². The van der Waals surface area contributed by atoms with Crippen LogP contribution in [0.25, 0.3) is 0 Å². The van der Waals surface area contributed by atoms with Crippen molar-refractivity contribution in [1.82, 2.24) is 15.1 Å². The molecule has 2 N–H and O–H groups in total. The molecule has 1 aliphatic heterocycles. The van der Waals surface area contributed by atoms with Crippen LogP contribution in [0.2, 0.25) is 0 Å². The lowest BCUT2D eigenvalue weighted by Crippen LogP contribution is -2.36. The third-order valence-corrected chi connectivity index (χ3v) is 3.27. The summed E-state index contributed by atoms with van der Waals surface area (Å²) < 4.78 is 7.07. The molecule has 2 amide bonds. The predicted octanol–water partition coefficient (Wildman–Crippen LogP) is 1.03. The first-order valence-corrected chi connectivity index (χ1v) is 6.97. The van der Waals surface area contributed by atoms with Crippen LogP contribution in [-0.2, 0) is 11.3 Å². The van der Waals surface area contributed by atoms with Crippen LogP contribution >= 0.6 is 0 Å². The molecule has 114 valence electrons. The number of hydrogen-bond donors (Lipinski definition) is 2. The number of nitrogens with zero attached hydrogens (tertiary/aromatic N) is 2. The second-order valence-electron chi connectivity index (χ2n) is 5.15. The number of rotatable bonds is 4. The Balaban J connectivity index is 1.66. The summed E-state index contributed by atoms with van der Waals surface area (Å²) in [6.45, 7) is 2.47. The Morgan fingerprint density at radius 3 is 3.18 bits per heavy atom. The van der Waals surface area contributed by atoms with Crippen LogP contribution in [-0.4, -0.2) is 34.2 Å². The lowest BCUT2D eigenvalue weighted by atomic mass is 10.1. The van der Waals surface area contributed by atoms with Gasteiger partial charge >= 0.3 is 0 Å². The van der Waals surface area contributed by atoms with Gasteiger partial charge in [0.25, 0.3) is 11.8 Å². The summed E-state index contributed by atoms with van der Waals surface area (Å²) in [5.41, 5.74) is 1.07. The summed E-state index contributed by atoms with van der Waals surface area (Å²) >= 11 is 0. The summed E-state index contributed by atoms with van der Waals surface area (Å²) in [5, 5.41) is 9.70. The molecule has 7 nitrogen and oxygen atoms in total. The number of ether oxygens (including phenoxy) is 1. The lowest BCUT2D eigenvalue weighted by Gasteiger charge is -2.19. The molecule has 2 heterocycles. The van der Waals surface area contributed by atoms with Crippen molar-refractivity contribution in [1.29, 1.82) is 0 Å². The molecule has 0 saturated heterocycles. The topological polar surface area (TPSA) is 85.2 Å². The number of anilines is 1. The maximum absolute atomic E-state index is 12.3. The molecule has 0 spiro atoms. The highest BCUT2D eigenvalue weighted by Crippen LogP contribution is 2.28. The minimum absolute atomic E-state index is 0.0340. The summed E-state index contributed by atoms with van der Waals surface area (Å²) in [6, 6.07) is 6.72. The van der Waals surface area contributed by atoms with Gasteiger partial charge in [-0.2, -0.15) is 5.10 Å². The first kappa shape index (κ1) is 14.1. The number of amides is 2. The van der Waals surface area contributed by atoms with Crippen molar-refractivity contribution < 1.29 is 14.3 Å². The van der Waals surface area contributed by atoms with Crippen LogP contribution in [0.1, 0.15) is 17.3 Å². The second-order valence-corrected chi connectivity index (χ2v) is 5.15. The molecule has 1 aliphatic rings. The Morgan fingerprint density at radius 1 is 1.55 bits per heavy atom. The van der Waals surface area contributed by atoms with E-state index in [4.69, 9.17) is 4.74 Å². The van der Waals surface area contributed by atoms with E-state index >= 15 is 0 Å². The molecular formula is C15H16N4O3. The standard InChI is InChI=1S/C15H16N4O3/c1-10(8-19-6-2-5-16-19)17-15(21)11-3-4-12-13(7-11)22-9-14(20)18-12/h2-7,10H,8-9H2,1H3,(H,17,21)(H,18,20)/t10-/m0/s1. The first-order chi connectivity index (χ1) is 10.6. The number of aromatic nitrogens is 2. The van der Waals surface area contributed by atoms with Crippen molar-refractivity contribution in [2.75, 3.05) is 11.9 Å². The Hall–Kier alpha value is -2.83. The molecule has 2 aromatic rings. The van der Waals surface area contributed by atoms with Crippen LogP contribution in [0.4, 0.5) is 5.69 Å². The number of fused-ring (bicyclic) bond motifs is 1. The molecule has 1 aromatic carbocycles. The van der Waals surface area contributed by atoms with Gasteiger partial charge in [0.05, 0.1) is 12.2 Å². The van der Waals surface area contributed by atoms with Crippen LogP contribution in [0.5, 0.6) is 5.75 Å². The summed E-state index contributed by atoms with van der Waals surface area (Å²) in [4.78, 5) is 23.5.